The molecule has 0 unspecified atom stereocenters. The summed E-state index contributed by atoms with van der Waals surface area (Å²) in [5.74, 6) is 1.36. The van der Waals surface area contributed by atoms with E-state index in [0.29, 0.717) is 0 Å². The molecule has 0 radical (unpaired) electrons. The molecule has 2 nitrogen and oxygen atoms in total. The summed E-state index contributed by atoms with van der Waals surface area (Å²) >= 11 is 15.8. The molecule has 0 bridgehead atoms. The molecule has 0 saturated carbocycles. The van der Waals surface area contributed by atoms with Crippen LogP contribution in [0.5, 0.6) is 0 Å². The summed E-state index contributed by atoms with van der Waals surface area (Å²) in [5.41, 5.74) is -0.194. The second-order valence-corrected chi connectivity index (χ2v) is 4.00. The average Bonchev–Trinajstić information content (AvgIpc) is 1.81. The van der Waals surface area contributed by atoms with Gasteiger partial charge in [0, 0.05) is 6.42 Å². The smallest absolute Gasteiger partial charge is 0.196 e. The number of nitriles is 1. The minimum atomic E-state index is -1.58. The van der Waals surface area contributed by atoms with E-state index in [1.165, 1.54) is 5.94 Å². The molecular formula is C5H2Cl3NO. The Morgan fingerprint density at radius 2 is 2.00 bits per heavy atom. The summed E-state index contributed by atoms with van der Waals surface area (Å²) in [5, 5.41) is 8.16. The van der Waals surface area contributed by atoms with Crippen molar-refractivity contribution in [3.8, 4) is 6.07 Å². The molecular weight excluding hydrogens is 196 g/mol. The van der Waals surface area contributed by atoms with Crippen molar-refractivity contribution in [2.24, 2.45) is 0 Å². The van der Waals surface area contributed by atoms with Gasteiger partial charge in [-0.1, -0.05) is 34.8 Å². The number of nitrogens with zero attached hydrogens (tertiary/aromatic N) is 1. The van der Waals surface area contributed by atoms with Crippen LogP contribution in [0.3, 0.4) is 0 Å². The molecule has 0 heterocycles. The highest BCUT2D eigenvalue weighted by atomic mass is 35.6. The Kier molecular flexibility index (Phi) is 3.78. The second-order valence-electron chi connectivity index (χ2n) is 1.48. The molecule has 0 rings (SSSR count). The third-order valence-electron chi connectivity index (χ3n) is 0.635. The summed E-state index contributed by atoms with van der Waals surface area (Å²) in [4.78, 5) is 9.85. The normalized spacial score (nSPS) is 9.80. The van der Waals surface area contributed by atoms with Gasteiger partial charge in [0.05, 0.1) is 0 Å². The maximum atomic E-state index is 9.85. The van der Waals surface area contributed by atoms with Gasteiger partial charge in [-0.2, -0.15) is 5.26 Å². The number of carbonyl (C=O) groups excluding carboxylic acids is 1. The van der Waals surface area contributed by atoms with Gasteiger partial charge >= 0.3 is 0 Å². The number of rotatable bonds is 1. The highest BCUT2D eigenvalue weighted by molar-refractivity contribution is 6.67. The van der Waals surface area contributed by atoms with Crippen molar-refractivity contribution in [1.29, 1.82) is 5.26 Å². The molecule has 0 spiro atoms. The van der Waals surface area contributed by atoms with Crippen LogP contribution in [0, 0.1) is 11.3 Å². The third-order valence-corrected chi connectivity index (χ3v) is 1.04. The molecule has 0 fully saturated rings. The van der Waals surface area contributed by atoms with Crippen LogP contribution in [0.15, 0.2) is 5.57 Å². The standard InChI is InChI=1S/C5H2Cl3NO/c6-5(7,8)1-4(2-9)3-10/h1H2. The lowest BCUT2D eigenvalue weighted by Gasteiger charge is -2.05. The van der Waals surface area contributed by atoms with Crippen molar-refractivity contribution in [3.63, 3.8) is 0 Å². The summed E-state index contributed by atoms with van der Waals surface area (Å²) in [6.45, 7) is 0. The first kappa shape index (κ1) is 9.81. The fourth-order valence-corrected chi connectivity index (χ4v) is 0.700. The van der Waals surface area contributed by atoms with Crippen LogP contribution >= 0.6 is 34.8 Å². The van der Waals surface area contributed by atoms with E-state index in [9.17, 15) is 4.79 Å². The molecule has 0 aliphatic rings. The summed E-state index contributed by atoms with van der Waals surface area (Å²) in [6, 6.07) is 1.55. The van der Waals surface area contributed by atoms with Crippen molar-refractivity contribution in [2.45, 2.75) is 10.2 Å². The SMILES string of the molecule is N#CC(=C=O)CC(Cl)(Cl)Cl. The number of hydrogen-bond acceptors (Lipinski definition) is 2. The van der Waals surface area contributed by atoms with Gasteiger partial charge < -0.3 is 0 Å². The number of allylic oxidation sites excluding steroid dienone is 1. The predicted octanol–water partition coefficient (Wildman–Crippen LogP) is 2.03. The number of hydrogen-bond donors (Lipinski definition) is 0. The van der Waals surface area contributed by atoms with E-state index in [2.05, 4.69) is 0 Å². The second kappa shape index (κ2) is 3.85. The van der Waals surface area contributed by atoms with E-state index in [4.69, 9.17) is 40.1 Å². The molecule has 0 aliphatic heterocycles. The van der Waals surface area contributed by atoms with E-state index in [1.807, 2.05) is 0 Å². The lowest BCUT2D eigenvalue weighted by molar-refractivity contribution is 0.567. The highest BCUT2D eigenvalue weighted by Crippen LogP contribution is 2.32. The molecule has 0 aromatic rings. The van der Waals surface area contributed by atoms with Crippen LogP contribution in [0.25, 0.3) is 0 Å². The quantitative estimate of drug-likeness (QED) is 0.367. The minimum absolute atomic E-state index is 0.194. The van der Waals surface area contributed by atoms with Crippen LogP contribution in [0.4, 0.5) is 0 Å². The molecule has 0 aromatic carbocycles. The monoisotopic (exact) mass is 197 g/mol. The van der Waals surface area contributed by atoms with E-state index in [1.54, 1.807) is 6.07 Å². The molecule has 0 N–H and O–H groups in total. The Morgan fingerprint density at radius 3 is 2.10 bits per heavy atom. The Labute approximate surface area is 73.0 Å². The van der Waals surface area contributed by atoms with Crippen molar-refractivity contribution in [3.05, 3.63) is 5.57 Å². The Hall–Kier alpha value is -0.190. The third kappa shape index (κ3) is 4.67. The van der Waals surface area contributed by atoms with Crippen LogP contribution in [0.1, 0.15) is 6.42 Å². The van der Waals surface area contributed by atoms with Crippen LogP contribution in [-0.2, 0) is 4.79 Å². The van der Waals surface area contributed by atoms with Crippen molar-refractivity contribution < 1.29 is 4.79 Å². The first-order valence-electron chi connectivity index (χ1n) is 2.20. The summed E-state index contributed by atoms with van der Waals surface area (Å²) in [6.07, 6.45) is -0.197. The van der Waals surface area contributed by atoms with Crippen molar-refractivity contribution >= 4 is 40.7 Å². The Morgan fingerprint density at radius 1 is 1.50 bits per heavy atom. The molecule has 0 amide bonds. The van der Waals surface area contributed by atoms with Gasteiger partial charge in [0.2, 0.25) is 0 Å². The van der Waals surface area contributed by atoms with Crippen molar-refractivity contribution in [1.82, 2.24) is 0 Å². The zero-order valence-electron chi connectivity index (χ0n) is 4.70. The van der Waals surface area contributed by atoms with Crippen LogP contribution in [0.2, 0.25) is 0 Å². The van der Waals surface area contributed by atoms with E-state index in [-0.39, 0.29) is 12.0 Å². The van der Waals surface area contributed by atoms with Gasteiger partial charge in [-0.05, 0) is 0 Å². The Bertz CT molecular complexity index is 206. The van der Waals surface area contributed by atoms with Gasteiger partial charge in [-0.25, -0.2) is 4.79 Å². The Balaban J connectivity index is 4.19. The fourth-order valence-electron chi connectivity index (χ4n) is 0.299. The molecule has 5 heteroatoms. The minimum Gasteiger partial charge on any atom is -0.232 e. The molecule has 0 saturated heterocycles. The predicted molar refractivity (Wildman–Crippen MR) is 39.7 cm³/mol. The summed E-state index contributed by atoms with van der Waals surface area (Å²) in [7, 11) is 0. The molecule has 0 aromatic heterocycles. The lowest BCUT2D eigenvalue weighted by atomic mass is 10.2. The van der Waals surface area contributed by atoms with Gasteiger partial charge in [0.1, 0.15) is 17.6 Å². The number of halogens is 3. The summed E-state index contributed by atoms with van der Waals surface area (Å²) < 4.78 is -1.58. The number of alkyl halides is 3. The zero-order valence-corrected chi connectivity index (χ0v) is 6.96. The van der Waals surface area contributed by atoms with Crippen LogP contribution in [-0.4, -0.2) is 9.73 Å². The van der Waals surface area contributed by atoms with Gasteiger partial charge in [-0.3, -0.25) is 0 Å². The largest absolute Gasteiger partial charge is 0.232 e. The van der Waals surface area contributed by atoms with Crippen LogP contribution < -0.4 is 0 Å². The van der Waals surface area contributed by atoms with E-state index >= 15 is 0 Å². The maximum Gasteiger partial charge on any atom is 0.196 e. The van der Waals surface area contributed by atoms with Gasteiger partial charge in [0.15, 0.2) is 3.79 Å². The lowest BCUT2D eigenvalue weighted by Crippen LogP contribution is -2.02. The topological polar surface area (TPSA) is 40.9 Å². The van der Waals surface area contributed by atoms with Crippen molar-refractivity contribution in [2.75, 3.05) is 0 Å². The molecule has 0 atom stereocenters. The average molecular weight is 198 g/mol. The maximum absolute atomic E-state index is 9.85. The first-order chi connectivity index (χ1) is 4.49. The molecule has 54 valence electrons. The van der Waals surface area contributed by atoms with E-state index < -0.39 is 3.79 Å². The molecule has 10 heavy (non-hydrogen) atoms. The van der Waals surface area contributed by atoms with Gasteiger partial charge in [-0.15, -0.1) is 0 Å². The first-order valence-corrected chi connectivity index (χ1v) is 3.34. The highest BCUT2D eigenvalue weighted by Gasteiger charge is 2.22. The zero-order chi connectivity index (χ0) is 8.20. The molecule has 0 aliphatic carbocycles. The van der Waals surface area contributed by atoms with Gasteiger partial charge in [0.25, 0.3) is 0 Å². The fraction of sp³-hybridized carbons (Fsp3) is 0.400. The van der Waals surface area contributed by atoms with E-state index in [0.717, 1.165) is 0 Å².